The first-order chi connectivity index (χ1) is 11.5. The highest BCUT2D eigenvalue weighted by molar-refractivity contribution is 7.89. The van der Waals surface area contributed by atoms with Crippen molar-refractivity contribution in [1.29, 1.82) is 0 Å². The normalized spacial score (nSPS) is 11.4. The fraction of sp³-hybridized carbons (Fsp3) is 0.375. The number of imidazole rings is 1. The molecule has 0 bridgehead atoms. The first-order valence-electron chi connectivity index (χ1n) is 7.76. The molecule has 0 radical (unpaired) electrons. The van der Waals surface area contributed by atoms with Crippen molar-refractivity contribution in [3.63, 3.8) is 0 Å². The molecule has 0 saturated heterocycles. The zero-order chi connectivity index (χ0) is 17.4. The molecule has 0 fully saturated rings. The predicted octanol–water partition coefficient (Wildman–Crippen LogP) is 0.930. The second kappa shape index (κ2) is 8.60. The number of rotatable bonds is 9. The minimum absolute atomic E-state index is 0.00689. The van der Waals surface area contributed by atoms with Crippen LogP contribution in [0.4, 0.5) is 0 Å². The van der Waals surface area contributed by atoms with Crippen LogP contribution < -0.4 is 10.0 Å². The zero-order valence-corrected chi connectivity index (χ0v) is 14.4. The van der Waals surface area contributed by atoms with Crippen molar-refractivity contribution in [2.75, 3.05) is 13.6 Å². The van der Waals surface area contributed by atoms with E-state index in [4.69, 9.17) is 0 Å². The van der Waals surface area contributed by atoms with Gasteiger partial charge < -0.3 is 9.88 Å². The number of aromatic nitrogens is 2. The molecule has 2 rings (SSSR count). The van der Waals surface area contributed by atoms with Crippen molar-refractivity contribution in [2.45, 2.75) is 30.7 Å². The van der Waals surface area contributed by atoms with Crippen LogP contribution in [0.2, 0.25) is 0 Å². The zero-order valence-electron chi connectivity index (χ0n) is 13.6. The molecule has 2 N–H and O–H groups in total. The minimum Gasteiger partial charge on any atom is -0.356 e. The first kappa shape index (κ1) is 18.2. The van der Waals surface area contributed by atoms with Gasteiger partial charge in [0.2, 0.25) is 15.9 Å². The van der Waals surface area contributed by atoms with E-state index in [9.17, 15) is 13.2 Å². The Morgan fingerprint density at radius 2 is 2.00 bits per heavy atom. The van der Waals surface area contributed by atoms with Crippen molar-refractivity contribution >= 4 is 15.9 Å². The third kappa shape index (κ3) is 5.47. The van der Waals surface area contributed by atoms with Crippen molar-refractivity contribution < 1.29 is 13.2 Å². The highest BCUT2D eigenvalue weighted by Crippen LogP contribution is 2.11. The van der Waals surface area contributed by atoms with E-state index in [2.05, 4.69) is 15.0 Å². The van der Waals surface area contributed by atoms with Gasteiger partial charge in [-0.25, -0.2) is 18.1 Å². The third-order valence-electron chi connectivity index (χ3n) is 3.62. The molecule has 24 heavy (non-hydrogen) atoms. The molecule has 0 unspecified atom stereocenters. The summed E-state index contributed by atoms with van der Waals surface area (Å²) in [6.07, 6.45) is 7.17. The van der Waals surface area contributed by atoms with E-state index in [1.54, 1.807) is 36.8 Å². The molecule has 1 amide bonds. The predicted molar refractivity (Wildman–Crippen MR) is 90.9 cm³/mol. The Bertz CT molecular complexity index is 740. The molecular weight excluding hydrogens is 328 g/mol. The molecule has 0 spiro atoms. The van der Waals surface area contributed by atoms with E-state index < -0.39 is 10.0 Å². The van der Waals surface area contributed by atoms with E-state index in [1.807, 2.05) is 10.8 Å². The Labute approximate surface area is 142 Å². The maximum absolute atomic E-state index is 11.8. The summed E-state index contributed by atoms with van der Waals surface area (Å²) in [5, 5.41) is 2.88. The fourth-order valence-corrected chi connectivity index (χ4v) is 2.94. The maximum Gasteiger partial charge on any atom is 0.240 e. The highest BCUT2D eigenvalue weighted by atomic mass is 32.2. The summed E-state index contributed by atoms with van der Waals surface area (Å²) < 4.78 is 27.5. The second-order valence-electron chi connectivity index (χ2n) is 5.36. The molecule has 0 aliphatic carbocycles. The number of aryl methyl sites for hydroxylation is 2. The Balaban J connectivity index is 1.69. The summed E-state index contributed by atoms with van der Waals surface area (Å²) in [4.78, 5) is 16.0. The standard InChI is InChI=1S/C16H22N4O3S/c1-17-24(22,23)15-6-3-14(4-7-15)5-8-16(21)19-9-2-11-20-12-10-18-13-20/h3-4,6-7,10,12-13,17H,2,5,8-9,11H2,1H3,(H,19,21). The number of benzene rings is 1. The summed E-state index contributed by atoms with van der Waals surface area (Å²) in [6, 6.07) is 6.56. The fourth-order valence-electron chi connectivity index (χ4n) is 2.21. The van der Waals surface area contributed by atoms with Crippen LogP contribution >= 0.6 is 0 Å². The van der Waals surface area contributed by atoms with Gasteiger partial charge in [0.15, 0.2) is 0 Å². The van der Waals surface area contributed by atoms with Crippen LogP contribution in [-0.4, -0.2) is 37.5 Å². The van der Waals surface area contributed by atoms with Gasteiger partial charge in [-0.05, 0) is 37.6 Å². The van der Waals surface area contributed by atoms with Gasteiger partial charge in [0.05, 0.1) is 11.2 Å². The Morgan fingerprint density at radius 1 is 1.25 bits per heavy atom. The lowest BCUT2D eigenvalue weighted by atomic mass is 10.1. The third-order valence-corrected chi connectivity index (χ3v) is 5.05. The number of hydrogen-bond donors (Lipinski definition) is 2. The molecule has 0 aliphatic rings. The molecule has 0 saturated carbocycles. The van der Waals surface area contributed by atoms with Gasteiger partial charge >= 0.3 is 0 Å². The van der Waals surface area contributed by atoms with Gasteiger partial charge in [0.1, 0.15) is 0 Å². The van der Waals surface area contributed by atoms with Crippen molar-refractivity contribution in [1.82, 2.24) is 19.6 Å². The van der Waals surface area contributed by atoms with Gasteiger partial charge in [0, 0.05) is 31.9 Å². The van der Waals surface area contributed by atoms with E-state index in [0.717, 1.165) is 18.5 Å². The van der Waals surface area contributed by atoms with Crippen LogP contribution in [0, 0.1) is 0 Å². The highest BCUT2D eigenvalue weighted by Gasteiger charge is 2.10. The Hall–Kier alpha value is -2.19. The average molecular weight is 350 g/mol. The molecule has 130 valence electrons. The number of hydrogen-bond acceptors (Lipinski definition) is 4. The Kier molecular flexibility index (Phi) is 6.51. The average Bonchev–Trinajstić information content (AvgIpc) is 3.10. The van der Waals surface area contributed by atoms with Gasteiger partial charge in [-0.2, -0.15) is 0 Å². The van der Waals surface area contributed by atoms with Crippen LogP contribution in [0.15, 0.2) is 47.9 Å². The number of nitrogens with one attached hydrogen (secondary N) is 2. The summed E-state index contributed by atoms with van der Waals surface area (Å²) in [5.74, 6) is -0.00689. The summed E-state index contributed by atoms with van der Waals surface area (Å²) in [7, 11) is -2.04. The minimum atomic E-state index is -3.42. The molecule has 1 aromatic heterocycles. The number of carbonyl (C=O) groups excluding carboxylic acids is 1. The Morgan fingerprint density at radius 3 is 2.62 bits per heavy atom. The van der Waals surface area contributed by atoms with Crippen LogP contribution in [0.25, 0.3) is 0 Å². The number of carbonyl (C=O) groups is 1. The molecule has 0 aliphatic heterocycles. The summed E-state index contributed by atoms with van der Waals surface area (Å²) >= 11 is 0. The largest absolute Gasteiger partial charge is 0.356 e. The lowest BCUT2D eigenvalue weighted by Crippen LogP contribution is -2.25. The second-order valence-corrected chi connectivity index (χ2v) is 7.24. The van der Waals surface area contributed by atoms with E-state index in [1.165, 1.54) is 7.05 Å². The SMILES string of the molecule is CNS(=O)(=O)c1ccc(CCC(=O)NCCCn2ccnc2)cc1. The van der Waals surface area contributed by atoms with Crippen LogP contribution in [0.1, 0.15) is 18.4 Å². The summed E-state index contributed by atoms with van der Waals surface area (Å²) in [5.41, 5.74) is 0.929. The number of nitrogens with zero attached hydrogens (tertiary/aromatic N) is 2. The van der Waals surface area contributed by atoms with Gasteiger partial charge in [-0.1, -0.05) is 12.1 Å². The lowest BCUT2D eigenvalue weighted by Gasteiger charge is -2.07. The summed E-state index contributed by atoms with van der Waals surface area (Å²) in [6.45, 7) is 1.44. The van der Waals surface area contributed by atoms with E-state index in [-0.39, 0.29) is 10.8 Å². The number of amides is 1. The molecule has 1 aromatic carbocycles. The molecule has 8 heteroatoms. The molecule has 7 nitrogen and oxygen atoms in total. The molecular formula is C16H22N4O3S. The smallest absolute Gasteiger partial charge is 0.240 e. The van der Waals surface area contributed by atoms with Crippen molar-refractivity contribution in [3.05, 3.63) is 48.5 Å². The van der Waals surface area contributed by atoms with E-state index in [0.29, 0.717) is 19.4 Å². The van der Waals surface area contributed by atoms with E-state index >= 15 is 0 Å². The molecule has 1 heterocycles. The number of sulfonamides is 1. The maximum atomic E-state index is 11.8. The van der Waals surface area contributed by atoms with Gasteiger partial charge in [-0.3, -0.25) is 4.79 Å². The van der Waals surface area contributed by atoms with Crippen molar-refractivity contribution in [2.24, 2.45) is 0 Å². The quantitative estimate of drug-likeness (QED) is 0.658. The first-order valence-corrected chi connectivity index (χ1v) is 9.24. The topological polar surface area (TPSA) is 93.1 Å². The monoisotopic (exact) mass is 350 g/mol. The van der Waals surface area contributed by atoms with Gasteiger partial charge in [0.25, 0.3) is 0 Å². The van der Waals surface area contributed by atoms with Crippen LogP contribution in [-0.2, 0) is 27.8 Å². The molecule has 0 atom stereocenters. The lowest BCUT2D eigenvalue weighted by molar-refractivity contribution is -0.121. The van der Waals surface area contributed by atoms with Gasteiger partial charge in [-0.15, -0.1) is 0 Å². The van der Waals surface area contributed by atoms with Crippen LogP contribution in [0.3, 0.4) is 0 Å². The molecule has 2 aromatic rings. The van der Waals surface area contributed by atoms with Crippen LogP contribution in [0.5, 0.6) is 0 Å². The van der Waals surface area contributed by atoms with Crippen molar-refractivity contribution in [3.8, 4) is 0 Å².